The molecule has 0 radical (unpaired) electrons. The molecule has 0 aromatic heterocycles. The molecular formula is C18H36N2O6S. The molecule has 9 heteroatoms. The summed E-state index contributed by atoms with van der Waals surface area (Å²) < 4.78 is 20.8. The number of carbonyl (C=O) groups is 2. The van der Waals surface area contributed by atoms with Gasteiger partial charge in [-0.05, 0) is 12.7 Å². The van der Waals surface area contributed by atoms with Crippen LogP contribution >= 0.6 is 11.8 Å². The first-order valence-corrected chi connectivity index (χ1v) is 10.4. The molecule has 0 aromatic rings. The van der Waals surface area contributed by atoms with Gasteiger partial charge >= 0.3 is 6.09 Å². The Morgan fingerprint density at radius 1 is 0.852 bits per heavy atom. The van der Waals surface area contributed by atoms with Gasteiger partial charge in [0.1, 0.15) is 0 Å². The number of alkyl carbamates (subject to hydrolysis) is 1. The molecule has 8 nitrogen and oxygen atoms in total. The zero-order valence-electron chi connectivity index (χ0n) is 17.1. The molecule has 2 N–H and O–H groups in total. The molecule has 160 valence electrons. The van der Waals surface area contributed by atoms with Gasteiger partial charge in [-0.3, -0.25) is 4.79 Å². The summed E-state index contributed by atoms with van der Waals surface area (Å²) in [5, 5.41) is 5.43. The highest BCUT2D eigenvalue weighted by molar-refractivity contribution is 8.00. The monoisotopic (exact) mass is 408 g/mol. The number of hydrogen-bond donors (Lipinski definition) is 2. The Kier molecular flexibility index (Phi) is 16.4. The van der Waals surface area contributed by atoms with E-state index < -0.39 is 6.09 Å². The maximum Gasteiger partial charge on any atom is 0.407 e. The van der Waals surface area contributed by atoms with Crippen LogP contribution in [0, 0.1) is 0 Å². The minimum atomic E-state index is -0.436. The minimum Gasteiger partial charge on any atom is -0.450 e. The van der Waals surface area contributed by atoms with E-state index in [1.807, 2.05) is 0 Å². The summed E-state index contributed by atoms with van der Waals surface area (Å²) in [6.45, 7) is 12.0. The molecule has 2 amide bonds. The quantitative estimate of drug-likeness (QED) is 0.355. The van der Waals surface area contributed by atoms with E-state index in [0.29, 0.717) is 65.8 Å². The highest BCUT2D eigenvalue weighted by atomic mass is 32.2. The number of hydrogen-bond acceptors (Lipinski definition) is 7. The lowest BCUT2D eigenvalue weighted by molar-refractivity contribution is -0.121. The second-order valence-corrected chi connectivity index (χ2v) is 8.17. The van der Waals surface area contributed by atoms with Crippen LogP contribution in [-0.2, 0) is 23.7 Å². The van der Waals surface area contributed by atoms with Crippen LogP contribution in [0.1, 0.15) is 34.1 Å². The second-order valence-electron chi connectivity index (χ2n) is 6.20. The third kappa shape index (κ3) is 18.1. The SMILES string of the molecule is CCOC(=O)NCCOCCOCCOCCNC(=O)CC(C)(C)SCC. The maximum atomic E-state index is 11.8. The maximum absolute atomic E-state index is 11.8. The molecule has 0 saturated heterocycles. The molecule has 0 spiro atoms. The molecule has 0 bridgehead atoms. The first-order chi connectivity index (χ1) is 12.9. The lowest BCUT2D eigenvalue weighted by atomic mass is 10.1. The van der Waals surface area contributed by atoms with Gasteiger partial charge in [-0.25, -0.2) is 4.79 Å². The van der Waals surface area contributed by atoms with Crippen LogP contribution in [0.2, 0.25) is 0 Å². The normalized spacial score (nSPS) is 11.3. The van der Waals surface area contributed by atoms with Gasteiger partial charge in [0.25, 0.3) is 0 Å². The van der Waals surface area contributed by atoms with Gasteiger partial charge in [-0.2, -0.15) is 11.8 Å². The van der Waals surface area contributed by atoms with Crippen molar-refractivity contribution >= 4 is 23.8 Å². The van der Waals surface area contributed by atoms with Crippen LogP contribution in [0.5, 0.6) is 0 Å². The van der Waals surface area contributed by atoms with Crippen molar-refractivity contribution in [3.63, 3.8) is 0 Å². The van der Waals surface area contributed by atoms with Gasteiger partial charge in [0.05, 0.1) is 46.2 Å². The third-order valence-electron chi connectivity index (χ3n) is 3.23. The Morgan fingerprint density at radius 3 is 1.89 bits per heavy atom. The van der Waals surface area contributed by atoms with Crippen molar-refractivity contribution in [2.75, 3.05) is 65.1 Å². The topological polar surface area (TPSA) is 95.1 Å². The van der Waals surface area contributed by atoms with E-state index in [4.69, 9.17) is 18.9 Å². The Morgan fingerprint density at radius 2 is 1.37 bits per heavy atom. The molecule has 0 atom stereocenters. The van der Waals surface area contributed by atoms with Crippen molar-refractivity contribution in [1.29, 1.82) is 0 Å². The Balaban J connectivity index is 3.31. The van der Waals surface area contributed by atoms with E-state index in [1.165, 1.54) is 0 Å². The third-order valence-corrected chi connectivity index (χ3v) is 4.44. The number of thioether (sulfide) groups is 1. The highest BCUT2D eigenvalue weighted by Crippen LogP contribution is 2.27. The molecule has 0 heterocycles. The fourth-order valence-corrected chi connectivity index (χ4v) is 3.12. The van der Waals surface area contributed by atoms with Crippen molar-refractivity contribution in [1.82, 2.24) is 10.6 Å². The molecule has 0 fully saturated rings. The largest absolute Gasteiger partial charge is 0.450 e. The van der Waals surface area contributed by atoms with Crippen LogP contribution in [-0.4, -0.2) is 81.8 Å². The number of amides is 2. The standard InChI is InChI=1S/C18H36N2O6S/c1-5-26-17(22)20-8-10-24-12-14-25-13-11-23-9-7-19-16(21)15-18(3,4)27-6-2/h5-15H2,1-4H3,(H,19,21)(H,20,22). The fraction of sp³-hybridized carbons (Fsp3) is 0.889. The second kappa shape index (κ2) is 17.1. The minimum absolute atomic E-state index is 0.0372. The van der Waals surface area contributed by atoms with Gasteiger partial charge in [-0.15, -0.1) is 0 Å². The van der Waals surface area contributed by atoms with E-state index in [9.17, 15) is 9.59 Å². The molecule has 0 aliphatic carbocycles. The van der Waals surface area contributed by atoms with Gasteiger partial charge < -0.3 is 29.6 Å². The zero-order chi connectivity index (χ0) is 20.4. The average Bonchev–Trinajstić information content (AvgIpc) is 2.58. The van der Waals surface area contributed by atoms with Crippen LogP contribution < -0.4 is 10.6 Å². The van der Waals surface area contributed by atoms with Gasteiger partial charge in [-0.1, -0.05) is 20.8 Å². The summed E-state index contributed by atoms with van der Waals surface area (Å²) in [5.74, 6) is 1.05. The van der Waals surface area contributed by atoms with Crippen molar-refractivity contribution in [2.45, 2.75) is 38.9 Å². The molecule has 0 unspecified atom stereocenters. The first kappa shape index (κ1) is 26.0. The summed E-state index contributed by atoms with van der Waals surface area (Å²) in [6.07, 6.45) is 0.0680. The van der Waals surface area contributed by atoms with Crippen molar-refractivity contribution in [2.24, 2.45) is 0 Å². The fourth-order valence-electron chi connectivity index (χ4n) is 2.10. The van der Waals surface area contributed by atoms with Crippen LogP contribution in [0.4, 0.5) is 4.79 Å². The molecule has 0 rings (SSSR count). The van der Waals surface area contributed by atoms with E-state index in [2.05, 4.69) is 31.4 Å². The van der Waals surface area contributed by atoms with E-state index in [-0.39, 0.29) is 10.7 Å². The molecule has 0 aromatic carbocycles. The van der Waals surface area contributed by atoms with Crippen molar-refractivity contribution in [3.05, 3.63) is 0 Å². The van der Waals surface area contributed by atoms with Crippen molar-refractivity contribution < 1.29 is 28.5 Å². The first-order valence-electron chi connectivity index (χ1n) is 9.45. The lowest BCUT2D eigenvalue weighted by Crippen LogP contribution is -2.33. The van der Waals surface area contributed by atoms with Crippen molar-refractivity contribution in [3.8, 4) is 0 Å². The highest BCUT2D eigenvalue weighted by Gasteiger charge is 2.21. The van der Waals surface area contributed by atoms with Gasteiger partial charge in [0.15, 0.2) is 0 Å². The van der Waals surface area contributed by atoms with E-state index >= 15 is 0 Å². The molecule has 0 aliphatic rings. The molecule has 0 saturated carbocycles. The Bertz CT molecular complexity index is 396. The van der Waals surface area contributed by atoms with Crippen LogP contribution in [0.25, 0.3) is 0 Å². The summed E-state index contributed by atoms with van der Waals surface area (Å²) in [4.78, 5) is 22.8. The summed E-state index contributed by atoms with van der Waals surface area (Å²) in [5.41, 5.74) is 0. The summed E-state index contributed by atoms with van der Waals surface area (Å²) >= 11 is 1.78. The van der Waals surface area contributed by atoms with E-state index in [1.54, 1.807) is 18.7 Å². The number of rotatable bonds is 17. The molecule has 0 aliphatic heterocycles. The average molecular weight is 409 g/mol. The number of nitrogens with one attached hydrogen (secondary N) is 2. The Labute approximate surface area is 167 Å². The molecule has 27 heavy (non-hydrogen) atoms. The molecular weight excluding hydrogens is 372 g/mol. The van der Waals surface area contributed by atoms with Gasteiger partial charge in [0, 0.05) is 24.3 Å². The lowest BCUT2D eigenvalue weighted by Gasteiger charge is -2.22. The predicted molar refractivity (Wildman–Crippen MR) is 107 cm³/mol. The Hall–Kier alpha value is -1.03. The zero-order valence-corrected chi connectivity index (χ0v) is 18.0. The van der Waals surface area contributed by atoms with Crippen LogP contribution in [0.15, 0.2) is 0 Å². The summed E-state index contributed by atoms with van der Waals surface area (Å²) in [7, 11) is 0. The van der Waals surface area contributed by atoms with E-state index in [0.717, 1.165) is 5.75 Å². The van der Waals surface area contributed by atoms with Gasteiger partial charge in [0.2, 0.25) is 5.91 Å². The number of ether oxygens (including phenoxy) is 4. The summed E-state index contributed by atoms with van der Waals surface area (Å²) in [6, 6.07) is 0. The number of carbonyl (C=O) groups excluding carboxylic acids is 2. The smallest absolute Gasteiger partial charge is 0.407 e. The van der Waals surface area contributed by atoms with Crippen LogP contribution in [0.3, 0.4) is 0 Å². The predicted octanol–water partition coefficient (Wildman–Crippen LogP) is 1.82.